The number of aromatic nitrogens is 3. The van der Waals surface area contributed by atoms with Crippen molar-refractivity contribution in [1.29, 1.82) is 0 Å². The molecule has 0 fully saturated rings. The van der Waals surface area contributed by atoms with E-state index in [1.54, 1.807) is 10.9 Å². The van der Waals surface area contributed by atoms with Crippen LogP contribution in [0.1, 0.15) is 16.1 Å². The molecule has 116 valence electrons. The summed E-state index contributed by atoms with van der Waals surface area (Å²) in [7, 11) is 1.83. The van der Waals surface area contributed by atoms with Crippen LogP contribution in [0.25, 0.3) is 11.4 Å². The van der Waals surface area contributed by atoms with Crippen molar-refractivity contribution in [2.24, 2.45) is 7.05 Å². The van der Waals surface area contributed by atoms with E-state index in [4.69, 9.17) is 0 Å². The van der Waals surface area contributed by atoms with E-state index in [2.05, 4.69) is 15.4 Å². The summed E-state index contributed by atoms with van der Waals surface area (Å²) in [5.41, 5.74) is 2.83. The Bertz CT molecular complexity index is 812. The third-order valence-corrected chi connectivity index (χ3v) is 3.39. The molecule has 0 bridgehead atoms. The average Bonchev–Trinajstić information content (AvgIpc) is 2.95. The van der Waals surface area contributed by atoms with Gasteiger partial charge in [0, 0.05) is 18.8 Å². The van der Waals surface area contributed by atoms with Crippen LogP contribution in [0.15, 0.2) is 54.7 Å². The zero-order chi connectivity index (χ0) is 16.2. The van der Waals surface area contributed by atoms with Gasteiger partial charge in [0.1, 0.15) is 5.82 Å². The number of rotatable bonds is 4. The largest absolute Gasteiger partial charge is 0.346 e. The van der Waals surface area contributed by atoms with Crippen LogP contribution in [0.5, 0.6) is 0 Å². The topological polar surface area (TPSA) is 59.8 Å². The van der Waals surface area contributed by atoms with E-state index in [1.165, 1.54) is 24.3 Å². The van der Waals surface area contributed by atoms with Gasteiger partial charge in [-0.3, -0.25) is 14.5 Å². The normalized spacial score (nSPS) is 10.5. The third-order valence-electron chi connectivity index (χ3n) is 3.39. The number of hydrogen-bond acceptors (Lipinski definition) is 3. The fourth-order valence-electron chi connectivity index (χ4n) is 2.24. The number of halogens is 1. The van der Waals surface area contributed by atoms with E-state index < -0.39 is 0 Å². The Morgan fingerprint density at radius 3 is 2.70 bits per heavy atom. The summed E-state index contributed by atoms with van der Waals surface area (Å²) in [6, 6.07) is 13.0. The highest BCUT2D eigenvalue weighted by Gasteiger charge is 2.10. The molecular formula is C17H15FN4O. The molecule has 0 unspecified atom stereocenters. The second kappa shape index (κ2) is 6.39. The minimum atomic E-state index is -0.369. The van der Waals surface area contributed by atoms with Gasteiger partial charge in [-0.15, -0.1) is 0 Å². The maximum absolute atomic E-state index is 12.9. The van der Waals surface area contributed by atoms with Gasteiger partial charge in [0.05, 0.1) is 23.6 Å². The summed E-state index contributed by atoms with van der Waals surface area (Å²) in [6.07, 6.45) is 1.72. The number of carbonyl (C=O) groups is 1. The predicted molar refractivity (Wildman–Crippen MR) is 84.0 cm³/mol. The fraction of sp³-hybridized carbons (Fsp3) is 0.118. The zero-order valence-electron chi connectivity index (χ0n) is 12.5. The van der Waals surface area contributed by atoms with Crippen molar-refractivity contribution in [3.05, 3.63) is 71.8 Å². The van der Waals surface area contributed by atoms with Crippen LogP contribution in [0, 0.1) is 5.82 Å². The first-order chi connectivity index (χ1) is 11.1. The maximum Gasteiger partial charge on any atom is 0.251 e. The molecule has 23 heavy (non-hydrogen) atoms. The van der Waals surface area contributed by atoms with Crippen LogP contribution in [0.3, 0.4) is 0 Å². The molecule has 0 saturated carbocycles. The summed E-state index contributed by atoms with van der Waals surface area (Å²) in [5, 5.41) is 7.14. The molecule has 1 N–H and O–H groups in total. The van der Waals surface area contributed by atoms with Crippen molar-refractivity contribution >= 4 is 5.91 Å². The summed E-state index contributed by atoms with van der Waals surface area (Å²) < 4.78 is 14.6. The molecule has 0 saturated heterocycles. The van der Waals surface area contributed by atoms with Crippen molar-refractivity contribution in [1.82, 2.24) is 20.1 Å². The van der Waals surface area contributed by atoms with Gasteiger partial charge in [-0.05, 0) is 42.5 Å². The van der Waals surface area contributed by atoms with Crippen LogP contribution in [-0.4, -0.2) is 20.7 Å². The summed E-state index contributed by atoms with van der Waals surface area (Å²) in [5.74, 6) is -0.638. The summed E-state index contributed by atoms with van der Waals surface area (Å²) >= 11 is 0. The van der Waals surface area contributed by atoms with Gasteiger partial charge in [-0.1, -0.05) is 6.07 Å². The van der Waals surface area contributed by atoms with E-state index >= 15 is 0 Å². The second-order valence-electron chi connectivity index (χ2n) is 5.05. The number of nitrogens with one attached hydrogen (secondary N) is 1. The molecule has 1 aromatic carbocycles. The molecule has 2 heterocycles. The molecule has 3 rings (SSSR count). The number of aryl methyl sites for hydroxylation is 1. The van der Waals surface area contributed by atoms with Gasteiger partial charge >= 0.3 is 0 Å². The number of pyridine rings is 1. The number of carbonyl (C=O) groups excluding carboxylic acids is 1. The van der Waals surface area contributed by atoms with E-state index in [-0.39, 0.29) is 18.3 Å². The highest BCUT2D eigenvalue weighted by molar-refractivity contribution is 5.94. The molecular weight excluding hydrogens is 295 g/mol. The number of benzene rings is 1. The van der Waals surface area contributed by atoms with Gasteiger partial charge in [-0.25, -0.2) is 4.39 Å². The summed E-state index contributed by atoms with van der Waals surface area (Å²) in [4.78, 5) is 16.3. The zero-order valence-corrected chi connectivity index (χ0v) is 12.5. The van der Waals surface area contributed by atoms with Crippen molar-refractivity contribution < 1.29 is 9.18 Å². The Morgan fingerprint density at radius 1 is 1.22 bits per heavy atom. The van der Waals surface area contributed by atoms with Crippen molar-refractivity contribution in [2.45, 2.75) is 6.54 Å². The first kappa shape index (κ1) is 14.9. The van der Waals surface area contributed by atoms with E-state index in [0.29, 0.717) is 5.56 Å². The van der Waals surface area contributed by atoms with Crippen LogP contribution in [-0.2, 0) is 13.6 Å². The monoisotopic (exact) mass is 310 g/mol. The minimum Gasteiger partial charge on any atom is -0.346 e. The van der Waals surface area contributed by atoms with Gasteiger partial charge in [0.15, 0.2) is 0 Å². The molecule has 3 aromatic rings. The van der Waals surface area contributed by atoms with Crippen LogP contribution < -0.4 is 5.32 Å². The predicted octanol–water partition coefficient (Wildman–Crippen LogP) is 2.55. The number of hydrogen-bond donors (Lipinski definition) is 1. The molecule has 0 aliphatic heterocycles. The quantitative estimate of drug-likeness (QED) is 0.805. The van der Waals surface area contributed by atoms with E-state index in [9.17, 15) is 9.18 Å². The number of amides is 1. The lowest BCUT2D eigenvalue weighted by Crippen LogP contribution is -2.23. The molecule has 1 amide bonds. The molecule has 0 radical (unpaired) electrons. The third kappa shape index (κ3) is 3.42. The highest BCUT2D eigenvalue weighted by Crippen LogP contribution is 2.16. The Balaban J connectivity index is 1.69. The van der Waals surface area contributed by atoms with Crippen molar-refractivity contribution in [2.75, 3.05) is 0 Å². The Labute approximate surface area is 132 Å². The number of nitrogens with zero attached hydrogens (tertiary/aromatic N) is 3. The van der Waals surface area contributed by atoms with Gasteiger partial charge < -0.3 is 5.32 Å². The smallest absolute Gasteiger partial charge is 0.251 e. The Hall–Kier alpha value is -3.02. The van der Waals surface area contributed by atoms with Crippen LogP contribution in [0.4, 0.5) is 4.39 Å². The molecule has 0 aliphatic carbocycles. The molecule has 6 heteroatoms. The maximum atomic E-state index is 12.9. The molecule has 0 aliphatic rings. The van der Waals surface area contributed by atoms with Crippen LogP contribution in [0.2, 0.25) is 0 Å². The first-order valence-electron chi connectivity index (χ1n) is 7.11. The average molecular weight is 310 g/mol. The van der Waals surface area contributed by atoms with Crippen molar-refractivity contribution in [3.8, 4) is 11.4 Å². The lowest BCUT2D eigenvalue weighted by Gasteiger charge is -2.02. The van der Waals surface area contributed by atoms with E-state index in [0.717, 1.165) is 17.1 Å². The lowest BCUT2D eigenvalue weighted by atomic mass is 10.2. The Morgan fingerprint density at radius 2 is 2.00 bits per heavy atom. The standard InChI is InChI=1S/C17H15FN4O/c1-22-16(15-4-2-3-9-19-15)10-14(21-22)11-20-17(23)12-5-7-13(18)8-6-12/h2-10H,11H2,1H3,(H,20,23). The first-order valence-corrected chi connectivity index (χ1v) is 7.11. The van der Waals surface area contributed by atoms with Gasteiger partial charge in [0.2, 0.25) is 0 Å². The van der Waals surface area contributed by atoms with Crippen molar-refractivity contribution in [3.63, 3.8) is 0 Å². The van der Waals surface area contributed by atoms with Gasteiger partial charge in [-0.2, -0.15) is 5.10 Å². The van der Waals surface area contributed by atoms with E-state index in [1.807, 2.05) is 31.3 Å². The Kier molecular flexibility index (Phi) is 4.14. The molecule has 2 aromatic heterocycles. The summed E-state index contributed by atoms with van der Waals surface area (Å²) in [6.45, 7) is 0.289. The highest BCUT2D eigenvalue weighted by atomic mass is 19.1. The molecule has 0 atom stereocenters. The second-order valence-corrected chi connectivity index (χ2v) is 5.05. The van der Waals surface area contributed by atoms with Gasteiger partial charge in [0.25, 0.3) is 5.91 Å². The SMILES string of the molecule is Cn1nc(CNC(=O)c2ccc(F)cc2)cc1-c1ccccn1. The minimum absolute atomic E-state index is 0.268. The lowest BCUT2D eigenvalue weighted by molar-refractivity contribution is 0.0950. The van der Waals surface area contributed by atoms with Crippen LogP contribution >= 0.6 is 0 Å². The molecule has 0 spiro atoms. The molecule has 5 nitrogen and oxygen atoms in total. The fourth-order valence-corrected chi connectivity index (χ4v) is 2.24.